The lowest BCUT2D eigenvalue weighted by Gasteiger charge is -2.08. The number of hydrogen-bond donors (Lipinski definition) is 3. The van der Waals surface area contributed by atoms with Gasteiger partial charge in [-0.25, -0.2) is 23.5 Å². The maximum Gasteiger partial charge on any atom is 0.410 e. The monoisotopic (exact) mass is 411 g/mol. The highest BCUT2D eigenvalue weighted by atomic mass is 19.1. The average molecular weight is 411 g/mol. The molecule has 9 nitrogen and oxygen atoms in total. The van der Waals surface area contributed by atoms with Crippen molar-refractivity contribution in [3.8, 4) is 17.3 Å². The summed E-state index contributed by atoms with van der Waals surface area (Å²) in [5.41, 5.74) is 17.6. The molecule has 2 heterocycles. The number of anilines is 2. The van der Waals surface area contributed by atoms with Gasteiger partial charge in [-0.15, -0.1) is 0 Å². The molecular weight excluding hydrogens is 396 g/mol. The molecule has 0 fully saturated rings. The van der Waals surface area contributed by atoms with Crippen molar-refractivity contribution in [1.82, 2.24) is 19.7 Å². The van der Waals surface area contributed by atoms with E-state index in [0.717, 1.165) is 0 Å². The molecule has 0 aliphatic heterocycles. The summed E-state index contributed by atoms with van der Waals surface area (Å²) < 4.78 is 34.2. The summed E-state index contributed by atoms with van der Waals surface area (Å²) in [6, 6.07) is 10.2. The van der Waals surface area contributed by atoms with Crippen molar-refractivity contribution in [1.29, 1.82) is 0 Å². The molecule has 2 aromatic carbocycles. The summed E-state index contributed by atoms with van der Waals surface area (Å²) >= 11 is 0. The Morgan fingerprint density at radius 2 is 1.77 bits per heavy atom. The molecule has 6 N–H and O–H groups in total. The van der Waals surface area contributed by atoms with Crippen LogP contribution in [0.5, 0.6) is 5.75 Å². The molecule has 0 saturated carbocycles. The van der Waals surface area contributed by atoms with Crippen LogP contribution in [0, 0.1) is 11.6 Å². The maximum atomic E-state index is 14.1. The Bertz CT molecular complexity index is 1270. The molecule has 30 heavy (non-hydrogen) atoms. The van der Waals surface area contributed by atoms with Gasteiger partial charge < -0.3 is 21.9 Å². The highest BCUT2D eigenvalue weighted by Crippen LogP contribution is 2.32. The molecule has 152 valence electrons. The van der Waals surface area contributed by atoms with Crippen LogP contribution in [0.25, 0.3) is 22.4 Å². The number of hydrogen-bond acceptors (Lipinski definition) is 7. The van der Waals surface area contributed by atoms with E-state index in [2.05, 4.69) is 15.1 Å². The number of fused-ring (bicyclic) bond motifs is 1. The molecule has 0 spiro atoms. The van der Waals surface area contributed by atoms with Gasteiger partial charge in [0.05, 0.1) is 12.1 Å². The average Bonchev–Trinajstić information content (AvgIpc) is 3.04. The van der Waals surface area contributed by atoms with Crippen molar-refractivity contribution < 1.29 is 18.3 Å². The molecular formula is C19H15F2N7O2. The van der Waals surface area contributed by atoms with Crippen molar-refractivity contribution in [2.75, 3.05) is 11.5 Å². The Hall–Kier alpha value is -4.28. The molecule has 1 amide bonds. The van der Waals surface area contributed by atoms with E-state index in [1.807, 2.05) is 0 Å². The fourth-order valence-electron chi connectivity index (χ4n) is 3.02. The topological polar surface area (TPSA) is 148 Å². The summed E-state index contributed by atoms with van der Waals surface area (Å²) in [7, 11) is 0. The van der Waals surface area contributed by atoms with Gasteiger partial charge in [-0.2, -0.15) is 5.10 Å². The van der Waals surface area contributed by atoms with Crippen LogP contribution in [-0.2, 0) is 6.54 Å². The predicted molar refractivity (Wildman–Crippen MR) is 105 cm³/mol. The predicted octanol–water partition coefficient (Wildman–Crippen LogP) is 2.44. The van der Waals surface area contributed by atoms with Crippen molar-refractivity contribution in [3.63, 3.8) is 0 Å². The minimum Gasteiger partial charge on any atom is -0.403 e. The van der Waals surface area contributed by atoms with E-state index >= 15 is 0 Å². The summed E-state index contributed by atoms with van der Waals surface area (Å²) in [5, 5.41) is 4.92. The summed E-state index contributed by atoms with van der Waals surface area (Å²) in [4.78, 5) is 19.1. The van der Waals surface area contributed by atoms with E-state index in [-0.39, 0.29) is 35.4 Å². The van der Waals surface area contributed by atoms with Crippen LogP contribution < -0.4 is 21.9 Å². The van der Waals surface area contributed by atoms with Crippen molar-refractivity contribution >= 4 is 28.6 Å². The van der Waals surface area contributed by atoms with Crippen LogP contribution in [0.4, 0.5) is 25.2 Å². The quantitative estimate of drug-likeness (QED) is 0.467. The number of carbonyl (C=O) groups excluding carboxylic acids is 1. The second-order valence-electron chi connectivity index (χ2n) is 6.33. The maximum absolute atomic E-state index is 14.1. The lowest BCUT2D eigenvalue weighted by molar-refractivity contribution is 0.211. The van der Waals surface area contributed by atoms with Gasteiger partial charge in [0.25, 0.3) is 0 Å². The first kappa shape index (κ1) is 19.1. The van der Waals surface area contributed by atoms with E-state index in [4.69, 9.17) is 21.9 Å². The highest BCUT2D eigenvalue weighted by molar-refractivity contribution is 5.92. The number of ether oxygens (including phenoxy) is 1. The second-order valence-corrected chi connectivity index (χ2v) is 6.33. The SMILES string of the molecule is NC(=O)Oc1c(N)nc(-c2nn(Cc3ccccc3F)c3cc(F)ccc23)nc1N. The van der Waals surface area contributed by atoms with E-state index in [1.54, 1.807) is 18.2 Å². The van der Waals surface area contributed by atoms with Crippen LogP contribution in [0.2, 0.25) is 0 Å². The number of aromatic nitrogens is 4. The first-order valence-corrected chi connectivity index (χ1v) is 8.63. The zero-order chi connectivity index (χ0) is 21.4. The lowest BCUT2D eigenvalue weighted by Crippen LogP contribution is -2.19. The minimum atomic E-state index is -1.13. The van der Waals surface area contributed by atoms with E-state index in [1.165, 1.54) is 28.9 Å². The molecule has 0 unspecified atom stereocenters. The van der Waals surface area contributed by atoms with Gasteiger partial charge in [0, 0.05) is 10.9 Å². The molecule has 0 bridgehead atoms. The third-order valence-corrected chi connectivity index (χ3v) is 4.32. The fourth-order valence-corrected chi connectivity index (χ4v) is 3.02. The van der Waals surface area contributed by atoms with Crippen molar-refractivity contribution in [3.05, 3.63) is 59.7 Å². The smallest absolute Gasteiger partial charge is 0.403 e. The summed E-state index contributed by atoms with van der Waals surface area (Å²) in [6.07, 6.45) is -1.13. The third kappa shape index (κ3) is 3.43. The Kier molecular flexibility index (Phi) is 4.62. The lowest BCUT2D eigenvalue weighted by atomic mass is 10.2. The number of nitrogens with zero attached hydrogens (tertiary/aromatic N) is 4. The van der Waals surface area contributed by atoms with E-state index in [0.29, 0.717) is 16.5 Å². The Morgan fingerprint density at radius 1 is 1.07 bits per heavy atom. The Balaban J connectivity index is 1.86. The highest BCUT2D eigenvalue weighted by Gasteiger charge is 2.20. The first-order valence-electron chi connectivity index (χ1n) is 8.63. The molecule has 4 rings (SSSR count). The molecule has 0 aliphatic rings. The zero-order valence-corrected chi connectivity index (χ0v) is 15.3. The summed E-state index contributed by atoms with van der Waals surface area (Å²) in [5.74, 6) is -1.62. The van der Waals surface area contributed by atoms with Gasteiger partial charge in [0.15, 0.2) is 17.5 Å². The zero-order valence-electron chi connectivity index (χ0n) is 15.3. The molecule has 2 aromatic heterocycles. The number of nitrogens with two attached hydrogens (primary N) is 3. The normalized spacial score (nSPS) is 11.0. The van der Waals surface area contributed by atoms with Crippen LogP contribution in [0.1, 0.15) is 5.56 Å². The first-order chi connectivity index (χ1) is 14.3. The van der Waals surface area contributed by atoms with Gasteiger partial charge in [-0.05, 0) is 24.3 Å². The van der Waals surface area contributed by atoms with Gasteiger partial charge in [0.2, 0.25) is 5.75 Å². The van der Waals surface area contributed by atoms with Gasteiger partial charge >= 0.3 is 6.09 Å². The van der Waals surface area contributed by atoms with Crippen LogP contribution in [-0.4, -0.2) is 25.8 Å². The molecule has 0 atom stereocenters. The second kappa shape index (κ2) is 7.28. The minimum absolute atomic E-state index is 0.0192. The number of benzene rings is 2. The number of halogens is 2. The standard InChI is InChI=1S/C19H15F2N7O2/c20-10-5-6-11-13(7-10)28(8-9-3-1-2-4-12(9)21)27-14(11)18-25-16(22)15(17(23)26-18)30-19(24)29/h1-7H,8H2,(H2,24,29)(H4,22,23,25,26). The largest absolute Gasteiger partial charge is 0.410 e. The number of rotatable bonds is 4. The van der Waals surface area contributed by atoms with Gasteiger partial charge in [-0.3, -0.25) is 4.68 Å². The van der Waals surface area contributed by atoms with E-state index < -0.39 is 17.7 Å². The molecule has 0 aliphatic carbocycles. The fraction of sp³-hybridized carbons (Fsp3) is 0.0526. The van der Waals surface area contributed by atoms with Crippen LogP contribution in [0.15, 0.2) is 42.5 Å². The molecule has 0 saturated heterocycles. The molecule has 11 heteroatoms. The van der Waals surface area contributed by atoms with Crippen LogP contribution >= 0.6 is 0 Å². The number of amides is 1. The van der Waals surface area contributed by atoms with Gasteiger partial charge in [0.1, 0.15) is 17.3 Å². The Labute approximate surface area is 168 Å². The van der Waals surface area contributed by atoms with Gasteiger partial charge in [-0.1, -0.05) is 18.2 Å². The van der Waals surface area contributed by atoms with Crippen molar-refractivity contribution in [2.45, 2.75) is 6.54 Å². The third-order valence-electron chi connectivity index (χ3n) is 4.32. The molecule has 0 radical (unpaired) electrons. The van der Waals surface area contributed by atoms with Crippen LogP contribution in [0.3, 0.4) is 0 Å². The van der Waals surface area contributed by atoms with Crippen molar-refractivity contribution in [2.24, 2.45) is 5.73 Å². The number of primary amides is 1. The number of nitrogen functional groups attached to an aromatic ring is 2. The number of carbonyl (C=O) groups is 1. The Morgan fingerprint density at radius 3 is 2.43 bits per heavy atom. The summed E-state index contributed by atoms with van der Waals surface area (Å²) in [6.45, 7) is 0.0421. The molecule has 4 aromatic rings. The van der Waals surface area contributed by atoms with E-state index in [9.17, 15) is 13.6 Å².